The lowest BCUT2D eigenvalue weighted by Gasteiger charge is -2.36. The van der Waals surface area contributed by atoms with Crippen molar-refractivity contribution >= 4 is 23.2 Å². The zero-order valence-electron chi connectivity index (χ0n) is 16.9. The predicted molar refractivity (Wildman–Crippen MR) is 123 cm³/mol. The van der Waals surface area contributed by atoms with E-state index in [1.54, 1.807) is 0 Å². The van der Waals surface area contributed by atoms with Gasteiger partial charge in [0.2, 0.25) is 5.91 Å². The van der Waals surface area contributed by atoms with E-state index in [0.29, 0.717) is 19.6 Å². The van der Waals surface area contributed by atoms with E-state index in [1.165, 1.54) is 0 Å². The summed E-state index contributed by atoms with van der Waals surface area (Å²) in [5.74, 6) is 0.137. The van der Waals surface area contributed by atoms with Crippen LogP contribution in [0.15, 0.2) is 84.9 Å². The first-order valence-electron chi connectivity index (χ1n) is 10.3. The van der Waals surface area contributed by atoms with Gasteiger partial charge >= 0.3 is 0 Å². The molecule has 5 heteroatoms. The van der Waals surface area contributed by atoms with Gasteiger partial charge in [-0.15, -0.1) is 0 Å². The highest BCUT2D eigenvalue weighted by atomic mass is 35.5. The van der Waals surface area contributed by atoms with Gasteiger partial charge in [0.15, 0.2) is 0 Å². The van der Waals surface area contributed by atoms with Crippen molar-refractivity contribution in [1.82, 2.24) is 10.2 Å². The Morgan fingerprint density at radius 3 is 2.00 bits per heavy atom. The van der Waals surface area contributed by atoms with Crippen LogP contribution in [0.1, 0.15) is 17.2 Å². The van der Waals surface area contributed by atoms with Gasteiger partial charge < -0.3 is 9.80 Å². The van der Waals surface area contributed by atoms with Crippen LogP contribution in [-0.2, 0) is 4.79 Å². The summed E-state index contributed by atoms with van der Waals surface area (Å²) in [6.45, 7) is 3.37. The third kappa shape index (κ3) is 5.02. The Bertz CT molecular complexity index is 917. The summed E-state index contributed by atoms with van der Waals surface area (Å²) in [6, 6.07) is 28.4. The summed E-state index contributed by atoms with van der Waals surface area (Å²) in [5, 5.41) is 4.22. The largest absolute Gasteiger partial charge is 0.368 e. The molecule has 0 atom stereocenters. The molecule has 0 spiro atoms. The third-order valence-corrected chi connectivity index (χ3v) is 5.76. The maximum atomic E-state index is 12.9. The van der Waals surface area contributed by atoms with Crippen LogP contribution in [0.4, 0.5) is 5.69 Å². The van der Waals surface area contributed by atoms with Crippen molar-refractivity contribution in [2.24, 2.45) is 0 Å². The van der Waals surface area contributed by atoms with Gasteiger partial charge in [0.1, 0.15) is 0 Å². The summed E-state index contributed by atoms with van der Waals surface area (Å²) in [5.41, 5.74) is 3.42. The number of carbonyl (C=O) groups excluding carboxylic acids is 1. The molecule has 154 valence electrons. The van der Waals surface area contributed by atoms with Crippen molar-refractivity contribution in [3.8, 4) is 0 Å². The molecule has 1 N–H and O–H groups in total. The lowest BCUT2D eigenvalue weighted by atomic mass is 9.99. The average Bonchev–Trinajstić information content (AvgIpc) is 2.81. The molecular weight excluding hydrogens is 394 g/mol. The van der Waals surface area contributed by atoms with E-state index < -0.39 is 0 Å². The molecule has 1 aliphatic rings. The van der Waals surface area contributed by atoms with Crippen molar-refractivity contribution < 1.29 is 4.79 Å². The normalized spacial score (nSPS) is 14.2. The summed E-state index contributed by atoms with van der Waals surface area (Å²) in [7, 11) is 0. The predicted octanol–water partition coefficient (Wildman–Crippen LogP) is 4.37. The number of halogens is 1. The summed E-state index contributed by atoms with van der Waals surface area (Å²) in [6.07, 6.45) is 0. The Balaban J connectivity index is 1.36. The number of anilines is 1. The van der Waals surface area contributed by atoms with Gasteiger partial charge in [0, 0.05) is 36.9 Å². The quantitative estimate of drug-likeness (QED) is 0.644. The summed E-state index contributed by atoms with van der Waals surface area (Å²) in [4.78, 5) is 17.1. The zero-order valence-corrected chi connectivity index (χ0v) is 17.6. The molecule has 1 fully saturated rings. The molecule has 30 heavy (non-hydrogen) atoms. The van der Waals surface area contributed by atoms with Crippen LogP contribution in [-0.4, -0.2) is 43.5 Å². The van der Waals surface area contributed by atoms with E-state index in [2.05, 4.69) is 40.5 Å². The number of piperazine rings is 1. The highest BCUT2D eigenvalue weighted by Gasteiger charge is 2.22. The van der Waals surface area contributed by atoms with Crippen LogP contribution < -0.4 is 10.2 Å². The number of rotatable bonds is 6. The molecule has 1 amide bonds. The minimum Gasteiger partial charge on any atom is -0.368 e. The second kappa shape index (κ2) is 9.79. The molecule has 0 aliphatic carbocycles. The minimum atomic E-state index is -0.0101. The molecule has 3 aromatic carbocycles. The maximum Gasteiger partial charge on any atom is 0.236 e. The first-order valence-corrected chi connectivity index (χ1v) is 10.7. The molecule has 0 bridgehead atoms. The van der Waals surface area contributed by atoms with Gasteiger partial charge in [-0.2, -0.15) is 0 Å². The highest BCUT2D eigenvalue weighted by molar-refractivity contribution is 6.30. The Labute approximate surface area is 183 Å². The first-order chi connectivity index (χ1) is 14.7. The number of hydrogen-bond donors (Lipinski definition) is 1. The molecule has 1 heterocycles. The fourth-order valence-corrected chi connectivity index (χ4v) is 4.09. The summed E-state index contributed by atoms with van der Waals surface area (Å²) >= 11 is 6.12. The minimum absolute atomic E-state index is 0.0101. The molecule has 0 radical (unpaired) electrons. The van der Waals surface area contributed by atoms with E-state index in [9.17, 15) is 4.79 Å². The van der Waals surface area contributed by atoms with Crippen LogP contribution in [0.5, 0.6) is 0 Å². The Hall–Kier alpha value is -2.82. The van der Waals surface area contributed by atoms with Crippen LogP contribution in [0.25, 0.3) is 0 Å². The molecular formula is C25H26ClN3O. The first kappa shape index (κ1) is 20.5. The van der Waals surface area contributed by atoms with Gasteiger partial charge in [-0.25, -0.2) is 0 Å². The van der Waals surface area contributed by atoms with Crippen LogP contribution in [0, 0.1) is 0 Å². The van der Waals surface area contributed by atoms with E-state index >= 15 is 0 Å². The van der Waals surface area contributed by atoms with Crippen molar-refractivity contribution in [1.29, 1.82) is 0 Å². The topological polar surface area (TPSA) is 35.6 Å². The molecule has 1 saturated heterocycles. The van der Waals surface area contributed by atoms with Gasteiger partial charge in [-0.3, -0.25) is 10.1 Å². The zero-order chi connectivity index (χ0) is 20.8. The van der Waals surface area contributed by atoms with Gasteiger partial charge in [0.25, 0.3) is 0 Å². The molecule has 4 rings (SSSR count). The number of carbonyl (C=O) groups is 1. The number of nitrogens with one attached hydrogen (secondary N) is 1. The Morgan fingerprint density at radius 1 is 0.833 bits per heavy atom. The van der Waals surface area contributed by atoms with E-state index in [4.69, 9.17) is 11.6 Å². The molecule has 1 aliphatic heterocycles. The van der Waals surface area contributed by atoms with Crippen molar-refractivity contribution in [2.45, 2.75) is 6.04 Å². The lowest BCUT2D eigenvalue weighted by molar-refractivity contribution is -0.130. The smallest absolute Gasteiger partial charge is 0.236 e. The number of amides is 1. The fraction of sp³-hybridized carbons (Fsp3) is 0.240. The molecule has 0 unspecified atom stereocenters. The average molecular weight is 420 g/mol. The number of benzene rings is 3. The van der Waals surface area contributed by atoms with Crippen LogP contribution in [0.2, 0.25) is 5.02 Å². The van der Waals surface area contributed by atoms with E-state index in [-0.39, 0.29) is 11.9 Å². The SMILES string of the molecule is O=C(CNC(c1ccccc1)c1ccccc1)N1CCN(c2cccc(Cl)c2)CC1. The van der Waals surface area contributed by atoms with E-state index in [1.807, 2.05) is 59.5 Å². The maximum absolute atomic E-state index is 12.9. The lowest BCUT2D eigenvalue weighted by Crippen LogP contribution is -2.51. The molecule has 4 nitrogen and oxygen atoms in total. The number of hydrogen-bond acceptors (Lipinski definition) is 3. The van der Waals surface area contributed by atoms with Crippen molar-refractivity contribution in [3.63, 3.8) is 0 Å². The third-order valence-electron chi connectivity index (χ3n) is 5.53. The highest BCUT2D eigenvalue weighted by Crippen LogP contribution is 2.22. The van der Waals surface area contributed by atoms with Gasteiger partial charge in [0.05, 0.1) is 12.6 Å². The van der Waals surface area contributed by atoms with Gasteiger partial charge in [-0.05, 0) is 29.3 Å². The standard InChI is InChI=1S/C25H26ClN3O/c26-22-12-7-13-23(18-22)28-14-16-29(17-15-28)24(30)19-27-25(20-8-3-1-4-9-20)21-10-5-2-6-11-21/h1-13,18,25,27H,14-17,19H2. The Kier molecular flexibility index (Phi) is 6.67. The number of nitrogens with zero attached hydrogens (tertiary/aromatic N) is 2. The summed E-state index contributed by atoms with van der Waals surface area (Å²) < 4.78 is 0. The van der Waals surface area contributed by atoms with Crippen LogP contribution >= 0.6 is 11.6 Å². The van der Waals surface area contributed by atoms with Crippen molar-refractivity contribution in [2.75, 3.05) is 37.6 Å². The fourth-order valence-electron chi connectivity index (χ4n) is 3.91. The molecule has 0 saturated carbocycles. The second-order valence-electron chi connectivity index (χ2n) is 7.48. The van der Waals surface area contributed by atoms with Gasteiger partial charge in [-0.1, -0.05) is 78.3 Å². The van der Waals surface area contributed by atoms with Crippen molar-refractivity contribution in [3.05, 3.63) is 101 Å². The monoisotopic (exact) mass is 419 g/mol. The molecule has 0 aromatic heterocycles. The van der Waals surface area contributed by atoms with Crippen LogP contribution in [0.3, 0.4) is 0 Å². The van der Waals surface area contributed by atoms with E-state index in [0.717, 1.165) is 34.9 Å². The molecule has 3 aromatic rings. The second-order valence-corrected chi connectivity index (χ2v) is 7.92. The Morgan fingerprint density at radius 2 is 1.43 bits per heavy atom.